The number of hydrogen-bond donors (Lipinski definition) is 3. The first-order chi connectivity index (χ1) is 14.8. The van der Waals surface area contributed by atoms with Gasteiger partial charge in [0.1, 0.15) is 11.5 Å². The molecule has 0 unspecified atom stereocenters. The third-order valence-corrected chi connectivity index (χ3v) is 4.75. The zero-order valence-corrected chi connectivity index (χ0v) is 18.5. The summed E-state index contributed by atoms with van der Waals surface area (Å²) in [7, 11) is 1.17. The molecule has 0 heterocycles. The van der Waals surface area contributed by atoms with E-state index in [0.717, 1.165) is 5.69 Å². The lowest BCUT2D eigenvalue weighted by molar-refractivity contribution is -0.148. The van der Waals surface area contributed by atoms with Crippen molar-refractivity contribution < 1.29 is 24.2 Å². The molecule has 2 aromatic rings. The average Bonchev–Trinajstić information content (AvgIpc) is 2.75. The number of nitrogens with zero attached hydrogens (tertiary/aromatic N) is 1. The number of esters is 1. The second-order valence-electron chi connectivity index (χ2n) is 6.68. The SMILES string of the molecule is COC(=O)[C@@](N)(Cc1ccc(O)cc1)NC(=O)Oc1ccc(N(CCCl)CCCl)cc1. The Bertz CT molecular complexity index is 858. The summed E-state index contributed by atoms with van der Waals surface area (Å²) in [6.07, 6.45) is -0.988. The Morgan fingerprint density at radius 2 is 1.65 bits per heavy atom. The second-order valence-corrected chi connectivity index (χ2v) is 7.44. The molecule has 0 radical (unpaired) electrons. The van der Waals surface area contributed by atoms with E-state index in [4.69, 9.17) is 38.4 Å². The third kappa shape index (κ3) is 7.20. The van der Waals surface area contributed by atoms with Crippen molar-refractivity contribution in [3.8, 4) is 11.5 Å². The molecule has 1 amide bonds. The van der Waals surface area contributed by atoms with Crippen molar-refractivity contribution in [2.24, 2.45) is 5.73 Å². The summed E-state index contributed by atoms with van der Waals surface area (Å²) in [5.41, 5.74) is 5.75. The highest BCUT2D eigenvalue weighted by molar-refractivity contribution is 6.18. The summed E-state index contributed by atoms with van der Waals surface area (Å²) >= 11 is 11.6. The number of methoxy groups -OCH3 is 1. The van der Waals surface area contributed by atoms with Gasteiger partial charge in [-0.15, -0.1) is 23.2 Å². The molecular weight excluding hydrogens is 445 g/mol. The summed E-state index contributed by atoms with van der Waals surface area (Å²) < 4.78 is 10.0. The lowest BCUT2D eigenvalue weighted by Crippen LogP contribution is -2.64. The van der Waals surface area contributed by atoms with Gasteiger partial charge in [0.2, 0.25) is 0 Å². The number of carbonyl (C=O) groups excluding carboxylic acids is 2. The molecule has 0 aliphatic rings. The summed E-state index contributed by atoms with van der Waals surface area (Å²) in [5, 5.41) is 11.8. The molecule has 4 N–H and O–H groups in total. The van der Waals surface area contributed by atoms with Crippen molar-refractivity contribution in [1.82, 2.24) is 5.32 Å². The number of anilines is 1. The van der Waals surface area contributed by atoms with E-state index in [1.807, 2.05) is 4.90 Å². The molecule has 0 aromatic heterocycles. The molecule has 2 aromatic carbocycles. The number of phenols is 1. The van der Waals surface area contributed by atoms with Gasteiger partial charge in [0, 0.05) is 37.0 Å². The highest BCUT2D eigenvalue weighted by Gasteiger charge is 2.38. The highest BCUT2D eigenvalue weighted by atomic mass is 35.5. The van der Waals surface area contributed by atoms with Crippen LogP contribution >= 0.6 is 23.2 Å². The number of amides is 1. The number of halogens is 2. The smallest absolute Gasteiger partial charge is 0.414 e. The van der Waals surface area contributed by atoms with Gasteiger partial charge < -0.3 is 19.5 Å². The molecular formula is C21H25Cl2N3O5. The minimum Gasteiger partial charge on any atom is -0.508 e. The van der Waals surface area contributed by atoms with Crippen LogP contribution in [0.5, 0.6) is 11.5 Å². The molecule has 31 heavy (non-hydrogen) atoms. The molecule has 0 fully saturated rings. The molecule has 0 saturated heterocycles. The molecule has 0 spiro atoms. The largest absolute Gasteiger partial charge is 0.508 e. The van der Waals surface area contributed by atoms with Gasteiger partial charge in [-0.3, -0.25) is 11.1 Å². The van der Waals surface area contributed by atoms with E-state index in [2.05, 4.69) is 5.32 Å². The third-order valence-electron chi connectivity index (χ3n) is 4.42. The van der Waals surface area contributed by atoms with Crippen LogP contribution in [0.25, 0.3) is 0 Å². The fourth-order valence-corrected chi connectivity index (χ4v) is 3.31. The van der Waals surface area contributed by atoms with Gasteiger partial charge in [0.05, 0.1) is 7.11 Å². The number of rotatable bonds is 10. The Labute approximate surface area is 190 Å². The molecule has 0 bridgehead atoms. The standard InChI is InChI=1S/C21H25Cl2N3O5/c1-30-19(28)21(24,14-15-2-6-17(27)7-3-15)25-20(29)31-18-8-4-16(5-9-18)26(12-10-22)13-11-23/h2-9,27H,10-14,24H2,1H3,(H,25,29)/t21-/m1/s1. The van der Waals surface area contributed by atoms with Gasteiger partial charge in [0.25, 0.3) is 0 Å². The van der Waals surface area contributed by atoms with E-state index in [1.54, 1.807) is 36.4 Å². The molecule has 1 atom stereocenters. The van der Waals surface area contributed by atoms with E-state index in [9.17, 15) is 14.7 Å². The van der Waals surface area contributed by atoms with E-state index in [1.165, 1.54) is 19.2 Å². The van der Waals surface area contributed by atoms with Crippen LogP contribution in [0.15, 0.2) is 48.5 Å². The van der Waals surface area contributed by atoms with Crippen LogP contribution in [0.2, 0.25) is 0 Å². The predicted octanol–water partition coefficient (Wildman–Crippen LogP) is 2.84. The topological polar surface area (TPSA) is 114 Å². The molecule has 8 nitrogen and oxygen atoms in total. The first kappa shape index (κ1) is 24.6. The lowest BCUT2D eigenvalue weighted by Gasteiger charge is -2.27. The highest BCUT2D eigenvalue weighted by Crippen LogP contribution is 2.20. The minimum absolute atomic E-state index is 0.0657. The molecule has 168 valence electrons. The van der Waals surface area contributed by atoms with E-state index >= 15 is 0 Å². The van der Waals surface area contributed by atoms with E-state index in [-0.39, 0.29) is 17.9 Å². The summed E-state index contributed by atoms with van der Waals surface area (Å²) in [5.74, 6) is 0.381. The van der Waals surface area contributed by atoms with Crippen LogP contribution in [0.4, 0.5) is 10.5 Å². The van der Waals surface area contributed by atoms with Crippen LogP contribution in [-0.4, -0.2) is 54.8 Å². The second kappa shape index (κ2) is 11.6. The quantitative estimate of drug-likeness (QED) is 0.278. The van der Waals surface area contributed by atoms with Crippen LogP contribution in [0.3, 0.4) is 0 Å². The van der Waals surface area contributed by atoms with Crippen molar-refractivity contribution >= 4 is 41.0 Å². The zero-order chi connectivity index (χ0) is 22.9. The maximum Gasteiger partial charge on any atom is 0.414 e. The number of carbonyl (C=O) groups is 2. The van der Waals surface area contributed by atoms with Crippen molar-refractivity contribution in [3.63, 3.8) is 0 Å². The van der Waals surface area contributed by atoms with E-state index < -0.39 is 17.7 Å². The maximum atomic E-state index is 12.4. The zero-order valence-electron chi connectivity index (χ0n) is 17.0. The van der Waals surface area contributed by atoms with Crippen LogP contribution < -0.4 is 20.7 Å². The molecule has 0 aliphatic carbocycles. The summed E-state index contributed by atoms with van der Waals surface area (Å²) in [6, 6.07) is 12.8. The Morgan fingerprint density at radius 3 is 2.16 bits per heavy atom. The first-order valence-electron chi connectivity index (χ1n) is 9.43. The predicted molar refractivity (Wildman–Crippen MR) is 120 cm³/mol. The van der Waals surface area contributed by atoms with Gasteiger partial charge in [-0.1, -0.05) is 12.1 Å². The fraction of sp³-hybridized carbons (Fsp3) is 0.333. The van der Waals surface area contributed by atoms with Crippen molar-refractivity contribution in [3.05, 3.63) is 54.1 Å². The van der Waals surface area contributed by atoms with Crippen molar-refractivity contribution in [2.75, 3.05) is 36.9 Å². The summed E-state index contributed by atoms with van der Waals surface area (Å²) in [6.45, 7) is 1.25. The van der Waals surface area contributed by atoms with Crippen LogP contribution in [0, 0.1) is 0 Å². The Balaban J connectivity index is 2.08. The molecule has 10 heteroatoms. The number of ether oxygens (including phenoxy) is 2. The number of aromatic hydroxyl groups is 1. The number of nitrogens with one attached hydrogen (secondary N) is 1. The van der Waals surface area contributed by atoms with Gasteiger partial charge in [-0.25, -0.2) is 9.59 Å². The van der Waals surface area contributed by atoms with Crippen LogP contribution in [-0.2, 0) is 16.0 Å². The molecule has 2 rings (SSSR count). The van der Waals surface area contributed by atoms with Gasteiger partial charge >= 0.3 is 12.1 Å². The Hall–Kier alpha value is -2.68. The van der Waals surface area contributed by atoms with Crippen LogP contribution in [0.1, 0.15) is 5.56 Å². The average molecular weight is 470 g/mol. The Morgan fingerprint density at radius 1 is 1.06 bits per heavy atom. The number of phenolic OH excluding ortho intramolecular Hbond substituents is 1. The normalized spacial score (nSPS) is 12.5. The number of hydrogen-bond acceptors (Lipinski definition) is 7. The monoisotopic (exact) mass is 469 g/mol. The maximum absolute atomic E-state index is 12.4. The van der Waals surface area contributed by atoms with Gasteiger partial charge in [-0.05, 0) is 42.0 Å². The van der Waals surface area contributed by atoms with Crippen molar-refractivity contribution in [1.29, 1.82) is 0 Å². The number of alkyl halides is 2. The molecule has 0 saturated carbocycles. The van der Waals surface area contributed by atoms with Gasteiger partial charge in [-0.2, -0.15) is 0 Å². The first-order valence-corrected chi connectivity index (χ1v) is 10.5. The number of nitrogens with two attached hydrogens (primary N) is 1. The minimum atomic E-state index is -1.86. The van der Waals surface area contributed by atoms with Crippen molar-refractivity contribution in [2.45, 2.75) is 12.1 Å². The number of benzene rings is 2. The fourth-order valence-electron chi connectivity index (χ4n) is 2.90. The Kier molecular flexibility index (Phi) is 9.23. The summed E-state index contributed by atoms with van der Waals surface area (Å²) in [4.78, 5) is 26.7. The molecule has 0 aliphatic heterocycles. The lowest BCUT2D eigenvalue weighted by atomic mass is 10.0. The van der Waals surface area contributed by atoms with Gasteiger partial charge in [0.15, 0.2) is 5.66 Å². The van der Waals surface area contributed by atoms with E-state index in [0.29, 0.717) is 30.4 Å².